The third-order valence-corrected chi connectivity index (χ3v) is 4.22. The highest BCUT2D eigenvalue weighted by Gasteiger charge is 2.14. The van der Waals surface area contributed by atoms with Crippen LogP contribution in [0.15, 0.2) is 22.5 Å². The van der Waals surface area contributed by atoms with Gasteiger partial charge in [0.05, 0.1) is 0 Å². The van der Waals surface area contributed by atoms with Crippen LogP contribution in [0.3, 0.4) is 0 Å². The zero-order valence-corrected chi connectivity index (χ0v) is 6.85. The van der Waals surface area contributed by atoms with Crippen LogP contribution in [0.1, 0.15) is 0 Å². The molecule has 1 rings (SSSR count). The summed E-state index contributed by atoms with van der Waals surface area (Å²) < 4.78 is 20.7. The summed E-state index contributed by atoms with van der Waals surface area (Å²) in [6.45, 7) is 0. The van der Waals surface area contributed by atoms with E-state index in [1.165, 1.54) is 17.6 Å². The van der Waals surface area contributed by atoms with Gasteiger partial charge in [0.1, 0.15) is 4.91 Å². The average Bonchev–Trinajstić information content (AvgIpc) is 2.32. The van der Waals surface area contributed by atoms with E-state index in [9.17, 15) is 13.2 Å². The Bertz CT molecular complexity index is 377. The van der Waals surface area contributed by atoms with Crippen molar-refractivity contribution in [3.63, 3.8) is 0 Å². The van der Waals surface area contributed by atoms with E-state index in [-0.39, 0.29) is 4.91 Å². The lowest BCUT2D eigenvalue weighted by Crippen LogP contribution is -2.02. The van der Waals surface area contributed by atoms with Gasteiger partial charge in [-0.1, -0.05) is 6.08 Å². The van der Waals surface area contributed by atoms with Crippen molar-refractivity contribution >= 4 is 24.7 Å². The summed E-state index contributed by atoms with van der Waals surface area (Å²) in [6, 6.07) is 0. The van der Waals surface area contributed by atoms with Crippen LogP contribution in [-0.4, -0.2) is 19.5 Å². The van der Waals surface area contributed by atoms with Crippen molar-refractivity contribution in [3.05, 3.63) is 22.5 Å². The molecule has 1 aliphatic rings. The maximum absolute atomic E-state index is 10.4. The monoisotopic (exact) mass is 192 g/mol. The lowest BCUT2D eigenvalue weighted by atomic mass is 10.5. The molecule has 1 atom stereocenters. The summed E-state index contributed by atoms with van der Waals surface area (Å²) in [4.78, 5) is 10.3. The summed E-state index contributed by atoms with van der Waals surface area (Å²) in [7, 11) is -3.60. The molecule has 60 valence electrons. The van der Waals surface area contributed by atoms with E-state index >= 15 is 0 Å². The first-order valence-electron chi connectivity index (χ1n) is 2.57. The molecule has 4 nitrogen and oxygen atoms in total. The van der Waals surface area contributed by atoms with E-state index in [0.29, 0.717) is 0 Å². The Labute approximate surface area is 66.0 Å². The van der Waals surface area contributed by atoms with Crippen molar-refractivity contribution < 1.29 is 18.3 Å². The van der Waals surface area contributed by atoms with E-state index < -0.39 is 24.7 Å². The van der Waals surface area contributed by atoms with Crippen LogP contribution < -0.4 is 0 Å². The molecule has 0 aliphatic carbocycles. The first-order valence-corrected chi connectivity index (χ1v) is 5.45. The lowest BCUT2D eigenvalue weighted by molar-refractivity contribution is -0.131. The van der Waals surface area contributed by atoms with Crippen LogP contribution >= 0.6 is 0 Å². The first-order chi connectivity index (χ1) is 5.13. The second-order valence-electron chi connectivity index (χ2n) is 1.67. The Morgan fingerprint density at radius 3 is 2.55 bits per heavy atom. The van der Waals surface area contributed by atoms with E-state index in [1.807, 2.05) is 0 Å². The Hall–Kier alpha value is -0.880. The van der Waals surface area contributed by atoms with Gasteiger partial charge in [0.25, 0.3) is 0 Å². The van der Waals surface area contributed by atoms with Gasteiger partial charge in [0.15, 0.2) is 0 Å². The van der Waals surface area contributed by atoms with Crippen LogP contribution in [0, 0.1) is 0 Å². The fourth-order valence-electron chi connectivity index (χ4n) is 0.614. The molecule has 1 N–H and O–H groups in total. The number of carbonyl (C=O) groups is 1. The predicted octanol–water partition coefficient (Wildman–Crippen LogP) is -0.105. The van der Waals surface area contributed by atoms with Crippen LogP contribution in [0.25, 0.3) is 0 Å². The average molecular weight is 192 g/mol. The van der Waals surface area contributed by atoms with Gasteiger partial charge in [-0.15, -0.1) is 0 Å². The summed E-state index contributed by atoms with van der Waals surface area (Å²) in [5.74, 6) is -1.18. The highest BCUT2D eigenvalue weighted by Crippen LogP contribution is 2.12. The van der Waals surface area contributed by atoms with Crippen molar-refractivity contribution in [1.29, 1.82) is 0 Å². The molecule has 0 aromatic heterocycles. The molecule has 0 fully saturated rings. The molecule has 11 heavy (non-hydrogen) atoms. The molecule has 0 amide bonds. The van der Waals surface area contributed by atoms with Gasteiger partial charge in [-0.25, -0.2) is 4.79 Å². The molecule has 1 aliphatic heterocycles. The zero-order chi connectivity index (χ0) is 8.43. The third-order valence-electron chi connectivity index (χ3n) is 1.02. The molecule has 0 saturated heterocycles. The van der Waals surface area contributed by atoms with Gasteiger partial charge >= 0.3 is 5.97 Å². The van der Waals surface area contributed by atoms with Gasteiger partial charge in [0.2, 0.25) is 9.26 Å². The minimum absolute atomic E-state index is 0.0710. The van der Waals surface area contributed by atoms with E-state index in [4.69, 9.17) is 5.11 Å². The molecule has 0 aromatic rings. The molecule has 6 heteroatoms. The minimum atomic E-state index is -2.35. The number of carboxylic acid groups (broad SMARTS) is 1. The highest BCUT2D eigenvalue weighted by molar-refractivity contribution is 8.37. The van der Waals surface area contributed by atoms with Crippen molar-refractivity contribution in [2.75, 3.05) is 0 Å². The number of hydrogen-bond donors (Lipinski definition) is 1. The minimum Gasteiger partial charge on any atom is -0.477 e. The van der Waals surface area contributed by atoms with E-state index in [1.54, 1.807) is 0 Å². The SMILES string of the molecule is O=C(O)C1=CC=CS1=S(=O)=O. The van der Waals surface area contributed by atoms with Crippen LogP contribution in [0.4, 0.5) is 0 Å². The maximum Gasteiger partial charge on any atom is 0.342 e. The second kappa shape index (κ2) is 3.02. The number of allylic oxidation sites excluding steroid dienone is 2. The number of hydrogen-bond acceptors (Lipinski definition) is 3. The van der Waals surface area contributed by atoms with Crippen molar-refractivity contribution in [2.45, 2.75) is 0 Å². The molecular formula is C5H4O4S2. The summed E-state index contributed by atoms with van der Waals surface area (Å²) in [5, 5.41) is 9.81. The Morgan fingerprint density at radius 2 is 2.18 bits per heavy atom. The molecular weight excluding hydrogens is 188 g/mol. The molecule has 0 aromatic carbocycles. The van der Waals surface area contributed by atoms with Crippen molar-refractivity contribution in [1.82, 2.24) is 0 Å². The smallest absolute Gasteiger partial charge is 0.342 e. The molecule has 1 heterocycles. The van der Waals surface area contributed by atoms with E-state index in [0.717, 1.165) is 0 Å². The topological polar surface area (TPSA) is 71.4 Å². The van der Waals surface area contributed by atoms with Crippen LogP contribution in [0.5, 0.6) is 0 Å². The summed E-state index contributed by atoms with van der Waals surface area (Å²) in [5.41, 5.74) is 0. The zero-order valence-electron chi connectivity index (χ0n) is 5.22. The Balaban J connectivity index is 3.27. The number of aliphatic carboxylic acids is 1. The maximum atomic E-state index is 10.4. The first kappa shape index (κ1) is 8.22. The van der Waals surface area contributed by atoms with Crippen molar-refractivity contribution in [2.24, 2.45) is 0 Å². The quantitative estimate of drug-likeness (QED) is 0.629. The fraction of sp³-hybridized carbons (Fsp3) is 0. The fourth-order valence-corrected chi connectivity index (χ4v) is 2.89. The van der Waals surface area contributed by atoms with Gasteiger partial charge in [-0.05, 0) is 20.9 Å². The summed E-state index contributed by atoms with van der Waals surface area (Å²) >= 11 is 0. The van der Waals surface area contributed by atoms with Gasteiger partial charge in [-0.2, -0.15) is 8.42 Å². The highest BCUT2D eigenvalue weighted by atomic mass is 32.9. The Morgan fingerprint density at radius 1 is 1.55 bits per heavy atom. The Kier molecular flexibility index (Phi) is 2.25. The summed E-state index contributed by atoms with van der Waals surface area (Å²) in [6.07, 6.45) is 2.73. The lowest BCUT2D eigenvalue weighted by Gasteiger charge is -1.91. The second-order valence-corrected chi connectivity index (χ2v) is 5.28. The molecule has 1 unspecified atom stereocenters. The van der Waals surface area contributed by atoms with Crippen LogP contribution in [-0.2, 0) is 23.5 Å². The largest absolute Gasteiger partial charge is 0.477 e. The third kappa shape index (κ3) is 1.58. The number of rotatable bonds is 1. The molecule has 0 spiro atoms. The predicted molar refractivity (Wildman–Crippen MR) is 41.1 cm³/mol. The van der Waals surface area contributed by atoms with Crippen molar-refractivity contribution in [3.8, 4) is 0 Å². The van der Waals surface area contributed by atoms with Gasteiger partial charge < -0.3 is 5.11 Å². The molecule has 0 bridgehead atoms. The molecule has 0 saturated carbocycles. The normalized spacial score (nSPS) is 21.5. The van der Waals surface area contributed by atoms with Crippen LogP contribution in [0.2, 0.25) is 0 Å². The standard InChI is InChI=1S/C5H4O4S2/c6-5(7)4-2-1-3-10(4)11(8)9/h1-3H,(H,6,7). The molecule has 0 radical (unpaired) electrons. The van der Waals surface area contributed by atoms with E-state index in [2.05, 4.69) is 0 Å². The van der Waals surface area contributed by atoms with Gasteiger partial charge in [-0.3, -0.25) is 0 Å². The number of carboxylic acids is 1. The van der Waals surface area contributed by atoms with Gasteiger partial charge in [0, 0.05) is 0 Å².